The summed E-state index contributed by atoms with van der Waals surface area (Å²) in [6.07, 6.45) is 4.61. The summed E-state index contributed by atoms with van der Waals surface area (Å²) in [6.45, 7) is 0.277. The van der Waals surface area contributed by atoms with Crippen LogP contribution in [0.25, 0.3) is 0 Å². The average Bonchev–Trinajstić information content (AvgIpc) is 3.23. The van der Waals surface area contributed by atoms with Crippen LogP contribution in [-0.2, 0) is 0 Å². The maximum Gasteiger partial charge on any atom is 0.185 e. The molecule has 0 amide bonds. The lowest BCUT2D eigenvalue weighted by Crippen LogP contribution is -2.23. The Morgan fingerprint density at radius 3 is 2.63 bits per heavy atom. The average molecular weight is 430 g/mol. The van der Waals surface area contributed by atoms with Gasteiger partial charge in [-0.2, -0.15) is 0 Å². The lowest BCUT2D eigenvalue weighted by Gasteiger charge is -2.18. The van der Waals surface area contributed by atoms with Crippen LogP contribution in [-0.4, -0.2) is 25.7 Å². The topological polar surface area (TPSA) is 82.9 Å². The predicted molar refractivity (Wildman–Crippen MR) is 118 cm³/mol. The zero-order valence-electron chi connectivity index (χ0n) is 16.8. The Morgan fingerprint density at radius 1 is 1.20 bits per heavy atom. The van der Waals surface area contributed by atoms with Crippen LogP contribution >= 0.6 is 11.6 Å². The second-order valence-electron chi connectivity index (χ2n) is 7.15. The molecule has 5 nitrogen and oxygen atoms in total. The zero-order valence-corrected chi connectivity index (χ0v) is 17.6. The molecule has 0 heterocycles. The van der Waals surface area contributed by atoms with Gasteiger partial charge in [-0.3, -0.25) is 4.99 Å². The van der Waals surface area contributed by atoms with Crippen LogP contribution in [0.3, 0.4) is 0 Å². The van der Waals surface area contributed by atoms with E-state index < -0.39 is 5.82 Å². The van der Waals surface area contributed by atoms with Crippen molar-refractivity contribution in [2.75, 3.05) is 13.7 Å². The van der Waals surface area contributed by atoms with Gasteiger partial charge in [-0.05, 0) is 61.6 Å². The standard InChI is InChI=1S/C23H25ClFN3O2/c1-29-21-11-9-16(13-22(21)30-18-4-2-3-5-18)17(14-28-23(26)27)8-6-15-7-10-20(25)19(24)12-15/h7,9-13,17-18H,2-5,14H2,1H3,(H4,26,27,28). The molecule has 1 aliphatic rings. The first-order valence-corrected chi connectivity index (χ1v) is 10.2. The first-order valence-electron chi connectivity index (χ1n) is 9.83. The molecule has 7 heteroatoms. The molecule has 3 rings (SSSR count). The van der Waals surface area contributed by atoms with Crippen LogP contribution in [0, 0.1) is 17.7 Å². The Kier molecular flexibility index (Phi) is 7.42. The Hall–Kier alpha value is -2.91. The molecule has 2 aromatic carbocycles. The smallest absolute Gasteiger partial charge is 0.185 e. The van der Waals surface area contributed by atoms with Crippen LogP contribution < -0.4 is 20.9 Å². The van der Waals surface area contributed by atoms with Crippen molar-refractivity contribution in [1.82, 2.24) is 0 Å². The summed E-state index contributed by atoms with van der Waals surface area (Å²) in [5, 5.41) is 0.0271. The second-order valence-corrected chi connectivity index (χ2v) is 7.56. The predicted octanol–water partition coefficient (Wildman–Crippen LogP) is 4.22. The molecule has 2 aromatic rings. The molecular formula is C23H25ClFN3O2. The highest BCUT2D eigenvalue weighted by Gasteiger charge is 2.20. The van der Waals surface area contributed by atoms with Crippen LogP contribution in [0.15, 0.2) is 41.4 Å². The van der Waals surface area contributed by atoms with E-state index in [1.54, 1.807) is 13.2 Å². The van der Waals surface area contributed by atoms with E-state index in [2.05, 4.69) is 16.8 Å². The number of rotatable bonds is 6. The fourth-order valence-corrected chi connectivity index (χ4v) is 3.54. The van der Waals surface area contributed by atoms with Crippen molar-refractivity contribution in [3.8, 4) is 23.3 Å². The lowest BCUT2D eigenvalue weighted by atomic mass is 9.98. The number of nitrogens with two attached hydrogens (primary N) is 2. The molecule has 1 fully saturated rings. The van der Waals surface area contributed by atoms with Crippen molar-refractivity contribution in [2.24, 2.45) is 16.5 Å². The third kappa shape index (κ3) is 5.80. The molecule has 4 N–H and O–H groups in total. The highest BCUT2D eigenvalue weighted by atomic mass is 35.5. The molecule has 0 bridgehead atoms. The molecule has 1 aliphatic carbocycles. The molecule has 0 aromatic heterocycles. The SMILES string of the molecule is COc1ccc(C(C#Cc2ccc(F)c(Cl)c2)CN=C(N)N)cc1OC1CCCC1. The van der Waals surface area contributed by atoms with Crippen molar-refractivity contribution >= 4 is 17.6 Å². The van der Waals surface area contributed by atoms with Gasteiger partial charge in [0.25, 0.3) is 0 Å². The van der Waals surface area contributed by atoms with Crippen LogP contribution in [0.4, 0.5) is 4.39 Å². The van der Waals surface area contributed by atoms with E-state index in [0.717, 1.165) is 18.4 Å². The van der Waals surface area contributed by atoms with Gasteiger partial charge in [0.1, 0.15) is 5.82 Å². The number of halogens is 2. The van der Waals surface area contributed by atoms with Gasteiger partial charge >= 0.3 is 0 Å². The van der Waals surface area contributed by atoms with Gasteiger partial charge in [0.2, 0.25) is 0 Å². The number of aliphatic imine (C=N–C) groups is 1. The van der Waals surface area contributed by atoms with Gasteiger partial charge in [0.05, 0.1) is 30.7 Å². The second kappa shape index (κ2) is 10.2. The van der Waals surface area contributed by atoms with E-state index in [0.29, 0.717) is 17.1 Å². The van der Waals surface area contributed by atoms with Crippen molar-refractivity contribution < 1.29 is 13.9 Å². The van der Waals surface area contributed by atoms with E-state index in [9.17, 15) is 4.39 Å². The number of ether oxygens (including phenoxy) is 2. The minimum Gasteiger partial charge on any atom is -0.493 e. The Balaban J connectivity index is 1.91. The van der Waals surface area contributed by atoms with Gasteiger partial charge in [-0.15, -0.1) is 0 Å². The van der Waals surface area contributed by atoms with E-state index in [1.807, 2.05) is 18.2 Å². The number of benzene rings is 2. The van der Waals surface area contributed by atoms with Gasteiger partial charge in [-0.25, -0.2) is 4.39 Å². The molecule has 0 spiro atoms. The minimum atomic E-state index is -0.483. The number of guanidine groups is 1. The highest BCUT2D eigenvalue weighted by molar-refractivity contribution is 6.30. The summed E-state index contributed by atoms with van der Waals surface area (Å²) in [5.74, 6) is 6.76. The normalized spacial score (nSPS) is 14.5. The van der Waals surface area contributed by atoms with Gasteiger partial charge in [-0.1, -0.05) is 29.5 Å². The van der Waals surface area contributed by atoms with Crippen molar-refractivity contribution in [2.45, 2.75) is 37.7 Å². The maximum atomic E-state index is 13.4. The number of nitrogens with zero attached hydrogens (tertiary/aromatic N) is 1. The quantitative estimate of drug-likeness (QED) is 0.409. The summed E-state index contributed by atoms with van der Waals surface area (Å²) >= 11 is 5.86. The maximum absolute atomic E-state index is 13.4. The van der Waals surface area contributed by atoms with Crippen LogP contribution in [0.5, 0.6) is 11.5 Å². The summed E-state index contributed by atoms with van der Waals surface area (Å²) in [6, 6.07) is 10.1. The lowest BCUT2D eigenvalue weighted by molar-refractivity contribution is 0.200. The van der Waals surface area contributed by atoms with Crippen molar-refractivity contribution in [1.29, 1.82) is 0 Å². The van der Waals surface area contributed by atoms with E-state index >= 15 is 0 Å². The summed E-state index contributed by atoms with van der Waals surface area (Å²) in [7, 11) is 1.62. The number of hydrogen-bond acceptors (Lipinski definition) is 3. The van der Waals surface area contributed by atoms with Gasteiger partial charge in [0, 0.05) is 5.56 Å². The first-order chi connectivity index (χ1) is 14.5. The number of methoxy groups -OCH3 is 1. The minimum absolute atomic E-state index is 0.0115. The Bertz CT molecular complexity index is 974. The van der Waals surface area contributed by atoms with Crippen LogP contribution in [0.2, 0.25) is 5.02 Å². The molecule has 1 saturated carbocycles. The monoisotopic (exact) mass is 429 g/mol. The Morgan fingerprint density at radius 2 is 1.97 bits per heavy atom. The van der Waals surface area contributed by atoms with Crippen molar-refractivity contribution in [3.05, 3.63) is 58.4 Å². The van der Waals surface area contributed by atoms with Gasteiger partial charge < -0.3 is 20.9 Å². The fraction of sp³-hybridized carbons (Fsp3) is 0.348. The molecule has 1 atom stereocenters. The van der Waals surface area contributed by atoms with Gasteiger partial charge in [0.15, 0.2) is 17.5 Å². The molecular weight excluding hydrogens is 405 g/mol. The largest absolute Gasteiger partial charge is 0.493 e. The first kappa shape index (κ1) is 21.8. The van der Waals surface area contributed by atoms with E-state index in [1.165, 1.54) is 25.0 Å². The molecule has 30 heavy (non-hydrogen) atoms. The molecule has 1 unspecified atom stereocenters. The van der Waals surface area contributed by atoms with Crippen LogP contribution in [0.1, 0.15) is 42.7 Å². The van der Waals surface area contributed by atoms with Crippen molar-refractivity contribution in [3.63, 3.8) is 0 Å². The number of hydrogen-bond donors (Lipinski definition) is 2. The summed E-state index contributed by atoms with van der Waals surface area (Å²) < 4.78 is 25.1. The fourth-order valence-electron chi connectivity index (χ4n) is 3.36. The molecule has 0 aliphatic heterocycles. The molecule has 158 valence electrons. The van der Waals surface area contributed by atoms with E-state index in [-0.39, 0.29) is 29.5 Å². The highest BCUT2D eigenvalue weighted by Crippen LogP contribution is 2.34. The molecule has 0 radical (unpaired) electrons. The third-order valence-electron chi connectivity index (χ3n) is 4.95. The third-order valence-corrected chi connectivity index (χ3v) is 5.24. The Labute approximate surface area is 181 Å². The zero-order chi connectivity index (χ0) is 21.5. The summed E-state index contributed by atoms with van der Waals surface area (Å²) in [5.41, 5.74) is 12.5. The summed E-state index contributed by atoms with van der Waals surface area (Å²) in [4.78, 5) is 4.13. The van der Waals surface area contributed by atoms with E-state index in [4.69, 9.17) is 32.5 Å². The molecule has 0 saturated heterocycles.